The second-order valence-corrected chi connectivity index (χ2v) is 4.42. The van der Waals surface area contributed by atoms with Crippen molar-refractivity contribution < 1.29 is 19.5 Å². The Kier molecular flexibility index (Phi) is 8.78. The summed E-state index contributed by atoms with van der Waals surface area (Å²) < 4.78 is 0. The largest absolute Gasteiger partial charge is 0.396 e. The first-order valence-electron chi connectivity index (χ1n) is 6.69. The molecule has 1 heterocycles. The highest BCUT2D eigenvalue weighted by Crippen LogP contribution is 2.18. The number of nitrogens with one attached hydrogen (secondary N) is 1. The first-order valence-corrected chi connectivity index (χ1v) is 6.69. The van der Waals surface area contributed by atoms with Gasteiger partial charge in [-0.3, -0.25) is 19.3 Å². The summed E-state index contributed by atoms with van der Waals surface area (Å²) in [6.45, 7) is 6.57. The summed E-state index contributed by atoms with van der Waals surface area (Å²) in [4.78, 5) is 35.1. The van der Waals surface area contributed by atoms with Crippen molar-refractivity contribution in [3.63, 3.8) is 0 Å². The second-order valence-electron chi connectivity index (χ2n) is 4.42. The molecule has 0 saturated carbocycles. The lowest BCUT2D eigenvalue weighted by molar-refractivity contribution is -0.139. The lowest BCUT2D eigenvalue weighted by Gasteiger charge is -2.13. The Hall–Kier alpha value is -1.43. The molecule has 1 rings (SSSR count). The third-order valence-electron chi connectivity index (χ3n) is 2.63. The molecule has 1 atom stereocenters. The number of likely N-dealkylation sites (tertiary alicyclic amines) is 1. The van der Waals surface area contributed by atoms with Crippen molar-refractivity contribution in [1.82, 2.24) is 10.2 Å². The number of amides is 3. The second kappa shape index (κ2) is 9.49. The lowest BCUT2D eigenvalue weighted by Crippen LogP contribution is -2.34. The van der Waals surface area contributed by atoms with Gasteiger partial charge in [-0.1, -0.05) is 13.8 Å². The van der Waals surface area contributed by atoms with Gasteiger partial charge in [0, 0.05) is 38.5 Å². The zero-order chi connectivity index (χ0) is 14.8. The fourth-order valence-corrected chi connectivity index (χ4v) is 1.58. The number of carbonyl (C=O) groups excluding carboxylic acids is 3. The van der Waals surface area contributed by atoms with Gasteiger partial charge in [-0.2, -0.15) is 0 Å². The van der Waals surface area contributed by atoms with Crippen molar-refractivity contribution in [3.05, 3.63) is 0 Å². The van der Waals surface area contributed by atoms with Crippen molar-refractivity contribution in [3.8, 4) is 0 Å². The van der Waals surface area contributed by atoms with Crippen LogP contribution in [0.2, 0.25) is 0 Å². The SMILES string of the molecule is CCCO.CCNC(=O)CCN1C(=O)CC(C)C1=O. The summed E-state index contributed by atoms with van der Waals surface area (Å²) in [5.74, 6) is -0.689. The van der Waals surface area contributed by atoms with E-state index in [2.05, 4.69) is 5.32 Å². The molecule has 1 fully saturated rings. The van der Waals surface area contributed by atoms with E-state index >= 15 is 0 Å². The van der Waals surface area contributed by atoms with E-state index in [0.29, 0.717) is 13.2 Å². The van der Waals surface area contributed by atoms with E-state index in [0.717, 1.165) is 6.42 Å². The van der Waals surface area contributed by atoms with Gasteiger partial charge in [-0.15, -0.1) is 0 Å². The van der Waals surface area contributed by atoms with Crippen LogP contribution in [0.15, 0.2) is 0 Å². The Morgan fingerprint density at radius 3 is 2.37 bits per heavy atom. The summed E-state index contributed by atoms with van der Waals surface area (Å²) in [5, 5.41) is 10.5. The summed E-state index contributed by atoms with van der Waals surface area (Å²) in [6.07, 6.45) is 1.34. The average molecular weight is 272 g/mol. The van der Waals surface area contributed by atoms with E-state index in [1.807, 2.05) is 13.8 Å². The molecule has 0 spiro atoms. The smallest absolute Gasteiger partial charge is 0.232 e. The maximum Gasteiger partial charge on any atom is 0.232 e. The van der Waals surface area contributed by atoms with Crippen molar-refractivity contribution >= 4 is 17.7 Å². The summed E-state index contributed by atoms with van der Waals surface area (Å²) in [6, 6.07) is 0. The number of hydrogen-bond donors (Lipinski definition) is 2. The monoisotopic (exact) mass is 272 g/mol. The minimum absolute atomic E-state index is 0.127. The molecule has 0 aromatic heterocycles. The van der Waals surface area contributed by atoms with E-state index in [9.17, 15) is 14.4 Å². The van der Waals surface area contributed by atoms with E-state index in [-0.39, 0.29) is 43.0 Å². The van der Waals surface area contributed by atoms with Crippen LogP contribution >= 0.6 is 0 Å². The quantitative estimate of drug-likeness (QED) is 0.705. The third-order valence-corrected chi connectivity index (χ3v) is 2.63. The van der Waals surface area contributed by atoms with Gasteiger partial charge in [0.2, 0.25) is 17.7 Å². The normalized spacial score (nSPS) is 18.1. The highest BCUT2D eigenvalue weighted by Gasteiger charge is 2.35. The van der Waals surface area contributed by atoms with Crippen LogP contribution in [-0.2, 0) is 14.4 Å². The first-order chi connectivity index (χ1) is 8.97. The Labute approximate surface area is 114 Å². The molecule has 1 unspecified atom stereocenters. The Balaban J connectivity index is 0.000000711. The molecule has 0 radical (unpaired) electrons. The number of imide groups is 1. The van der Waals surface area contributed by atoms with Gasteiger partial charge in [-0.25, -0.2) is 0 Å². The highest BCUT2D eigenvalue weighted by molar-refractivity contribution is 6.03. The fraction of sp³-hybridized carbons (Fsp3) is 0.769. The first kappa shape index (κ1) is 17.6. The Morgan fingerprint density at radius 2 is 2.00 bits per heavy atom. The summed E-state index contributed by atoms with van der Waals surface area (Å²) in [5.41, 5.74) is 0. The predicted molar refractivity (Wildman–Crippen MR) is 71.2 cm³/mol. The van der Waals surface area contributed by atoms with Crippen LogP contribution < -0.4 is 5.32 Å². The maximum absolute atomic E-state index is 11.5. The van der Waals surface area contributed by atoms with Crippen LogP contribution in [0, 0.1) is 5.92 Å². The number of carbonyl (C=O) groups is 3. The summed E-state index contributed by atoms with van der Waals surface area (Å²) in [7, 11) is 0. The molecule has 6 heteroatoms. The lowest BCUT2D eigenvalue weighted by atomic mass is 10.1. The minimum Gasteiger partial charge on any atom is -0.396 e. The van der Waals surface area contributed by atoms with E-state index in [4.69, 9.17) is 5.11 Å². The van der Waals surface area contributed by atoms with Gasteiger partial charge in [0.25, 0.3) is 0 Å². The number of aliphatic hydroxyl groups is 1. The van der Waals surface area contributed by atoms with Gasteiger partial charge in [0.1, 0.15) is 0 Å². The maximum atomic E-state index is 11.5. The predicted octanol–water partition coefficient (Wildman–Crippen LogP) is 0.296. The minimum atomic E-state index is -0.230. The zero-order valence-corrected chi connectivity index (χ0v) is 11.9. The van der Waals surface area contributed by atoms with E-state index in [1.54, 1.807) is 6.92 Å². The molecule has 3 amide bonds. The molecule has 1 saturated heterocycles. The van der Waals surface area contributed by atoms with Crippen LogP contribution in [0.25, 0.3) is 0 Å². The van der Waals surface area contributed by atoms with Crippen LogP contribution in [0.5, 0.6) is 0 Å². The molecule has 110 valence electrons. The molecule has 1 aliphatic rings. The standard InChI is InChI=1S/C10H16N2O3.C3H8O/c1-3-11-8(13)4-5-12-9(14)6-7(2)10(12)15;1-2-3-4/h7H,3-6H2,1-2H3,(H,11,13);4H,2-3H2,1H3. The van der Waals surface area contributed by atoms with E-state index in [1.165, 1.54) is 4.90 Å². The van der Waals surface area contributed by atoms with Crippen molar-refractivity contribution in [1.29, 1.82) is 0 Å². The number of hydrogen-bond acceptors (Lipinski definition) is 4. The number of rotatable bonds is 5. The Bertz CT molecular complexity index is 316. The van der Waals surface area contributed by atoms with Crippen LogP contribution in [0.4, 0.5) is 0 Å². The molecule has 19 heavy (non-hydrogen) atoms. The van der Waals surface area contributed by atoms with Crippen LogP contribution in [0.1, 0.15) is 40.0 Å². The molecular weight excluding hydrogens is 248 g/mol. The summed E-state index contributed by atoms with van der Waals surface area (Å²) >= 11 is 0. The van der Waals surface area contributed by atoms with Gasteiger partial charge < -0.3 is 10.4 Å². The molecule has 0 aliphatic carbocycles. The Morgan fingerprint density at radius 1 is 1.42 bits per heavy atom. The molecule has 0 aromatic carbocycles. The van der Waals surface area contributed by atoms with Crippen LogP contribution in [0.3, 0.4) is 0 Å². The van der Waals surface area contributed by atoms with Crippen LogP contribution in [-0.4, -0.2) is 47.4 Å². The molecule has 2 N–H and O–H groups in total. The van der Waals surface area contributed by atoms with Gasteiger partial charge in [0.05, 0.1) is 0 Å². The van der Waals surface area contributed by atoms with Gasteiger partial charge in [-0.05, 0) is 13.3 Å². The fourth-order valence-electron chi connectivity index (χ4n) is 1.58. The van der Waals surface area contributed by atoms with Crippen molar-refractivity contribution in [2.45, 2.75) is 40.0 Å². The molecule has 6 nitrogen and oxygen atoms in total. The van der Waals surface area contributed by atoms with Crippen molar-refractivity contribution in [2.75, 3.05) is 19.7 Å². The molecular formula is C13H24N2O4. The number of aliphatic hydroxyl groups excluding tert-OH is 1. The van der Waals surface area contributed by atoms with Crippen molar-refractivity contribution in [2.24, 2.45) is 5.92 Å². The molecule has 0 aromatic rings. The van der Waals surface area contributed by atoms with Gasteiger partial charge in [0.15, 0.2) is 0 Å². The highest BCUT2D eigenvalue weighted by atomic mass is 16.2. The third kappa shape index (κ3) is 6.33. The van der Waals surface area contributed by atoms with Gasteiger partial charge >= 0.3 is 0 Å². The molecule has 1 aliphatic heterocycles. The topological polar surface area (TPSA) is 86.7 Å². The molecule has 0 bridgehead atoms. The van der Waals surface area contributed by atoms with E-state index < -0.39 is 0 Å². The zero-order valence-electron chi connectivity index (χ0n) is 11.9. The average Bonchev–Trinajstić information content (AvgIpc) is 2.62. The number of nitrogens with zero attached hydrogens (tertiary/aromatic N) is 1.